The van der Waals surface area contributed by atoms with E-state index in [1.165, 1.54) is 36.0 Å². The minimum atomic E-state index is -0.813. The zero-order valence-corrected chi connectivity index (χ0v) is 52.1. The molecule has 0 saturated carbocycles. The van der Waals surface area contributed by atoms with Gasteiger partial charge in [0.2, 0.25) is 0 Å². The Kier molecular flexibility index (Phi) is 23.4. The van der Waals surface area contributed by atoms with Crippen LogP contribution in [0, 0.1) is 38.5 Å². The number of anilines is 3. The molecular weight excluding hydrogens is 1150 g/mol. The summed E-state index contributed by atoms with van der Waals surface area (Å²) >= 11 is 0. The Labute approximate surface area is 526 Å². The Morgan fingerprint density at radius 2 is 0.711 bits per heavy atom. The van der Waals surface area contributed by atoms with E-state index in [2.05, 4.69) is 97.0 Å². The molecule has 24 nitrogen and oxygen atoms in total. The van der Waals surface area contributed by atoms with Crippen molar-refractivity contribution in [1.82, 2.24) is 59.6 Å². The number of ether oxygens (including phenoxy) is 3. The molecule has 12 heterocycles. The second-order valence-corrected chi connectivity index (χ2v) is 24.5. The molecule has 6 aliphatic rings. The predicted octanol–water partition coefficient (Wildman–Crippen LogP) is 6.74. The normalized spacial score (nSPS) is 17.6. The molecule has 3 atom stereocenters. The van der Waals surface area contributed by atoms with Crippen molar-refractivity contribution in [2.24, 2.45) is 17.8 Å². The summed E-state index contributed by atoms with van der Waals surface area (Å²) in [7, 11) is 0. The van der Waals surface area contributed by atoms with Crippen LogP contribution in [0.15, 0.2) is 73.6 Å². The molecular formula is C66H87N15O9. The van der Waals surface area contributed by atoms with Gasteiger partial charge in [-0.1, -0.05) is 18.2 Å². The maximum Gasteiger partial charge on any atom is 0.305 e. The third-order valence-corrected chi connectivity index (χ3v) is 17.4. The van der Waals surface area contributed by atoms with Gasteiger partial charge < -0.3 is 45.5 Å². The molecule has 0 amide bonds. The number of pyridine rings is 3. The first-order chi connectivity index (χ1) is 43.7. The summed E-state index contributed by atoms with van der Waals surface area (Å²) in [5.41, 5.74) is 9.64. The Balaban J connectivity index is 0.000000148. The summed E-state index contributed by atoms with van der Waals surface area (Å²) < 4.78 is 17.7. The molecule has 0 bridgehead atoms. The van der Waals surface area contributed by atoms with Crippen LogP contribution < -0.4 is 16.0 Å². The van der Waals surface area contributed by atoms with Gasteiger partial charge in [0.1, 0.15) is 34.9 Å². The van der Waals surface area contributed by atoms with Crippen molar-refractivity contribution >= 4 is 35.4 Å². The largest absolute Gasteiger partial charge is 0.481 e. The van der Waals surface area contributed by atoms with E-state index in [1.54, 1.807) is 37.2 Å². The highest BCUT2D eigenvalue weighted by Crippen LogP contribution is 2.34. The fourth-order valence-electron chi connectivity index (χ4n) is 12.3. The monoisotopic (exact) mass is 1230 g/mol. The van der Waals surface area contributed by atoms with E-state index in [9.17, 15) is 29.7 Å². The van der Waals surface area contributed by atoms with Crippen molar-refractivity contribution in [3.8, 4) is 0 Å². The average molecular weight is 1230 g/mol. The van der Waals surface area contributed by atoms with E-state index in [4.69, 9.17) is 29.2 Å². The van der Waals surface area contributed by atoms with Crippen LogP contribution in [0.5, 0.6) is 0 Å². The number of hydrogen-bond acceptors (Lipinski definition) is 21. The van der Waals surface area contributed by atoms with E-state index in [1.807, 2.05) is 20.8 Å². The number of nitrogens with zero attached hydrogens (tertiary/aromatic N) is 12. The Bertz CT molecular complexity index is 2950. The maximum absolute atomic E-state index is 11.3. The maximum atomic E-state index is 11.3. The van der Waals surface area contributed by atoms with E-state index >= 15 is 0 Å². The smallest absolute Gasteiger partial charge is 0.305 e. The molecule has 0 radical (unpaired) electrons. The number of hydrogen-bond donors (Lipinski definition) is 6. The minimum Gasteiger partial charge on any atom is -0.481 e. The van der Waals surface area contributed by atoms with Gasteiger partial charge in [0.05, 0.1) is 58.9 Å². The summed E-state index contributed by atoms with van der Waals surface area (Å²) in [6.07, 6.45) is 19.8. The highest BCUT2D eigenvalue weighted by molar-refractivity contribution is 5.69. The number of carboxylic acids is 3. The molecule has 0 aliphatic carbocycles. The standard InChI is InChI=1S/3C22H29N5O3/c3*1-15-24-10-18(11-25-15)20(9-21(28)29)27-12-16(13-27)14-30-8-6-19-5-4-17-3-2-7-23-22(17)26-19/h3*4-5,10-11,16,20H,2-3,6-9,12-14H2,1H3,(H,23,26)(H,28,29)/t2*20-;/m10./s1. The predicted molar refractivity (Wildman–Crippen MR) is 337 cm³/mol. The molecule has 0 aromatic carbocycles. The number of aryl methyl sites for hydroxylation is 6. The SMILES string of the molecule is Cc1ncc(C(CC(=O)O)N2CC(COCCc3ccc4c(n3)NCCC4)C2)cn1.Cc1ncc([C@@H](CC(=O)O)N2CC(COCCc3ccc4c(n3)NCCC4)C2)cn1.Cc1ncc([C@H](CC(=O)O)N2CC(COCCc3ccc4c(n3)NCCC4)C2)cn1. The second kappa shape index (κ2) is 32.3. The number of carbonyl (C=O) groups is 3. The summed E-state index contributed by atoms with van der Waals surface area (Å²) in [6, 6.07) is 12.2. The van der Waals surface area contributed by atoms with Crippen LogP contribution in [0.3, 0.4) is 0 Å². The van der Waals surface area contributed by atoms with Crippen LogP contribution in [0.4, 0.5) is 17.5 Å². The van der Waals surface area contributed by atoms with Crippen molar-refractivity contribution in [3.05, 3.63) is 142 Å². The molecule has 1 unspecified atom stereocenters. The van der Waals surface area contributed by atoms with Crippen molar-refractivity contribution in [2.45, 2.75) is 116 Å². The third-order valence-electron chi connectivity index (χ3n) is 17.4. The first-order valence-electron chi connectivity index (χ1n) is 31.9. The molecule has 24 heteroatoms. The van der Waals surface area contributed by atoms with Crippen LogP contribution in [-0.4, -0.2) is 191 Å². The van der Waals surface area contributed by atoms with Gasteiger partial charge in [0.25, 0.3) is 0 Å². The Morgan fingerprint density at radius 1 is 0.444 bits per heavy atom. The number of aromatic nitrogens is 9. The lowest BCUT2D eigenvalue weighted by molar-refractivity contribution is -0.140. The van der Waals surface area contributed by atoms with Crippen LogP contribution in [0.2, 0.25) is 0 Å². The minimum absolute atomic E-state index is 0.0536. The van der Waals surface area contributed by atoms with Gasteiger partial charge in [-0.25, -0.2) is 44.9 Å². The van der Waals surface area contributed by atoms with Gasteiger partial charge in [-0.15, -0.1) is 0 Å². The van der Waals surface area contributed by atoms with E-state index in [0.717, 1.165) is 149 Å². The fraction of sp³-hybridized carbons (Fsp3) is 0.545. The summed E-state index contributed by atoms with van der Waals surface area (Å²) in [5.74, 6) is 3.97. The first kappa shape index (κ1) is 65.2. The van der Waals surface area contributed by atoms with Gasteiger partial charge in [-0.05, 0) is 94.2 Å². The summed E-state index contributed by atoms with van der Waals surface area (Å²) in [6.45, 7) is 17.4. The van der Waals surface area contributed by atoms with E-state index in [0.29, 0.717) is 74.9 Å². The molecule has 3 saturated heterocycles. The van der Waals surface area contributed by atoms with Gasteiger partial charge in [0.15, 0.2) is 0 Å². The third kappa shape index (κ3) is 18.9. The molecule has 0 spiro atoms. The topological polar surface area (TPSA) is 301 Å². The summed E-state index contributed by atoms with van der Waals surface area (Å²) in [5, 5.41) is 38.0. The van der Waals surface area contributed by atoms with Crippen molar-refractivity contribution in [1.29, 1.82) is 0 Å². The first-order valence-corrected chi connectivity index (χ1v) is 31.9. The molecule has 90 heavy (non-hydrogen) atoms. The van der Waals surface area contributed by atoms with E-state index < -0.39 is 17.9 Å². The molecule has 12 rings (SSSR count). The molecule has 3 fully saturated rings. The molecule has 480 valence electrons. The molecule has 6 N–H and O–H groups in total. The van der Waals surface area contributed by atoms with Crippen LogP contribution in [0.25, 0.3) is 0 Å². The summed E-state index contributed by atoms with van der Waals surface area (Å²) in [4.78, 5) is 79.9. The van der Waals surface area contributed by atoms with E-state index in [-0.39, 0.29) is 37.4 Å². The lowest BCUT2D eigenvalue weighted by Gasteiger charge is -2.43. The Morgan fingerprint density at radius 3 is 0.967 bits per heavy atom. The van der Waals surface area contributed by atoms with Gasteiger partial charge >= 0.3 is 17.9 Å². The fourth-order valence-corrected chi connectivity index (χ4v) is 12.3. The van der Waals surface area contributed by atoms with Crippen LogP contribution >= 0.6 is 0 Å². The number of aliphatic carboxylic acids is 3. The lowest BCUT2D eigenvalue weighted by atomic mass is 9.94. The quantitative estimate of drug-likeness (QED) is 0.0291. The van der Waals surface area contributed by atoms with Gasteiger partial charge in [0, 0.05) is 185 Å². The van der Waals surface area contributed by atoms with Crippen LogP contribution in [-0.2, 0) is 67.1 Å². The number of likely N-dealkylation sites (tertiary alicyclic amines) is 3. The number of rotatable bonds is 27. The number of carboxylic acid groups (broad SMARTS) is 3. The van der Waals surface area contributed by atoms with Crippen molar-refractivity contribution < 1.29 is 43.9 Å². The number of fused-ring (bicyclic) bond motifs is 3. The van der Waals surface area contributed by atoms with Crippen molar-refractivity contribution in [2.75, 3.05) is 114 Å². The van der Waals surface area contributed by atoms with Gasteiger partial charge in [-0.2, -0.15) is 0 Å². The number of nitrogens with one attached hydrogen (secondary N) is 3. The Hall–Kier alpha value is -7.74. The molecule has 6 aromatic heterocycles. The molecule has 6 aromatic rings. The average Bonchev–Trinajstić information content (AvgIpc) is 1.11. The highest BCUT2D eigenvalue weighted by Gasteiger charge is 2.37. The van der Waals surface area contributed by atoms with Crippen molar-refractivity contribution in [3.63, 3.8) is 0 Å². The van der Waals surface area contributed by atoms with Crippen LogP contribution in [0.1, 0.15) is 125 Å². The zero-order chi connectivity index (χ0) is 62.8. The van der Waals surface area contributed by atoms with Gasteiger partial charge in [-0.3, -0.25) is 29.1 Å². The lowest BCUT2D eigenvalue weighted by Crippen LogP contribution is -2.50. The zero-order valence-electron chi connectivity index (χ0n) is 52.1. The second-order valence-electron chi connectivity index (χ2n) is 24.5. The highest BCUT2D eigenvalue weighted by atomic mass is 16.5. The molecule has 6 aliphatic heterocycles.